The van der Waals surface area contributed by atoms with Crippen molar-refractivity contribution in [3.8, 4) is 0 Å². The van der Waals surface area contributed by atoms with Crippen molar-refractivity contribution in [1.82, 2.24) is 10.6 Å². The van der Waals surface area contributed by atoms with Gasteiger partial charge in [-0.15, -0.1) is 11.3 Å². The quantitative estimate of drug-likeness (QED) is 0.441. The minimum Gasteiger partial charge on any atom is -0.379 e. The smallest absolute Gasteiger partial charge is 0.191 e. The fourth-order valence-corrected chi connectivity index (χ4v) is 2.73. The molecular formula is C16H29N3OS. The number of guanidine groups is 1. The van der Waals surface area contributed by atoms with Gasteiger partial charge in [-0.3, -0.25) is 4.99 Å². The maximum atomic E-state index is 5.52. The molecule has 1 aromatic heterocycles. The van der Waals surface area contributed by atoms with Gasteiger partial charge in [0, 0.05) is 37.0 Å². The van der Waals surface area contributed by atoms with E-state index in [2.05, 4.69) is 60.8 Å². The highest BCUT2D eigenvalue weighted by atomic mass is 32.1. The van der Waals surface area contributed by atoms with E-state index in [0.29, 0.717) is 6.10 Å². The highest BCUT2D eigenvalue weighted by Crippen LogP contribution is 2.26. The lowest BCUT2D eigenvalue weighted by atomic mass is 9.91. The van der Waals surface area contributed by atoms with E-state index < -0.39 is 0 Å². The first-order valence-electron chi connectivity index (χ1n) is 7.56. The molecule has 0 bridgehead atoms. The van der Waals surface area contributed by atoms with Crippen molar-refractivity contribution in [2.75, 3.05) is 26.7 Å². The van der Waals surface area contributed by atoms with Gasteiger partial charge in [0.15, 0.2) is 5.96 Å². The maximum absolute atomic E-state index is 5.52. The molecule has 0 fully saturated rings. The van der Waals surface area contributed by atoms with Crippen LogP contribution in [-0.4, -0.2) is 38.8 Å². The zero-order valence-electron chi connectivity index (χ0n) is 13.9. The van der Waals surface area contributed by atoms with Gasteiger partial charge in [-0.25, -0.2) is 0 Å². The van der Waals surface area contributed by atoms with E-state index in [4.69, 9.17) is 4.74 Å². The van der Waals surface area contributed by atoms with E-state index in [-0.39, 0.29) is 5.41 Å². The molecule has 1 heterocycles. The van der Waals surface area contributed by atoms with Crippen molar-refractivity contribution in [2.45, 2.75) is 45.6 Å². The van der Waals surface area contributed by atoms with Crippen LogP contribution in [0, 0.1) is 0 Å². The first-order chi connectivity index (χ1) is 9.95. The third kappa shape index (κ3) is 6.96. The number of nitrogens with zero attached hydrogens (tertiary/aromatic N) is 1. The van der Waals surface area contributed by atoms with E-state index in [1.807, 2.05) is 0 Å². The van der Waals surface area contributed by atoms with Crippen molar-refractivity contribution in [3.05, 3.63) is 22.4 Å². The number of rotatable bonds is 8. The molecule has 0 spiro atoms. The number of hydrogen-bond acceptors (Lipinski definition) is 3. The molecule has 0 saturated carbocycles. The van der Waals surface area contributed by atoms with Gasteiger partial charge in [-0.1, -0.05) is 19.9 Å². The molecule has 0 saturated heterocycles. The average molecular weight is 311 g/mol. The molecule has 21 heavy (non-hydrogen) atoms. The highest BCUT2D eigenvalue weighted by molar-refractivity contribution is 7.10. The Bertz CT molecular complexity index is 413. The van der Waals surface area contributed by atoms with Crippen LogP contribution in [0.15, 0.2) is 22.5 Å². The van der Waals surface area contributed by atoms with Crippen molar-refractivity contribution in [3.63, 3.8) is 0 Å². The van der Waals surface area contributed by atoms with Crippen LogP contribution < -0.4 is 10.6 Å². The minimum atomic E-state index is 0.104. The van der Waals surface area contributed by atoms with E-state index in [1.165, 1.54) is 4.88 Å². The summed E-state index contributed by atoms with van der Waals surface area (Å²) in [5, 5.41) is 8.85. The van der Waals surface area contributed by atoms with Gasteiger partial charge in [-0.2, -0.15) is 0 Å². The molecule has 120 valence electrons. The number of ether oxygens (including phenoxy) is 1. The van der Waals surface area contributed by atoms with Crippen molar-refractivity contribution in [2.24, 2.45) is 4.99 Å². The van der Waals surface area contributed by atoms with Gasteiger partial charge in [-0.05, 0) is 31.7 Å². The Balaban J connectivity index is 2.28. The van der Waals surface area contributed by atoms with Crippen LogP contribution in [-0.2, 0) is 10.2 Å². The number of thiophene rings is 1. The summed E-state index contributed by atoms with van der Waals surface area (Å²) in [5.41, 5.74) is 0.104. The molecule has 0 amide bonds. The van der Waals surface area contributed by atoms with E-state index in [0.717, 1.165) is 32.1 Å². The Labute approximate surface area is 133 Å². The summed E-state index contributed by atoms with van der Waals surface area (Å²) in [5.74, 6) is 0.851. The summed E-state index contributed by atoms with van der Waals surface area (Å²) >= 11 is 1.80. The Kier molecular flexibility index (Phi) is 7.75. The molecule has 0 atom stereocenters. The average Bonchev–Trinajstić information content (AvgIpc) is 2.96. The summed E-state index contributed by atoms with van der Waals surface area (Å²) in [6, 6.07) is 4.29. The van der Waals surface area contributed by atoms with Gasteiger partial charge in [0.1, 0.15) is 0 Å². The third-order valence-electron chi connectivity index (χ3n) is 3.17. The molecule has 1 aromatic rings. The summed E-state index contributed by atoms with van der Waals surface area (Å²) in [7, 11) is 1.80. The summed E-state index contributed by atoms with van der Waals surface area (Å²) < 4.78 is 5.52. The molecule has 0 aromatic carbocycles. The first-order valence-corrected chi connectivity index (χ1v) is 8.44. The maximum Gasteiger partial charge on any atom is 0.191 e. The van der Waals surface area contributed by atoms with Gasteiger partial charge < -0.3 is 15.4 Å². The first kappa shape index (κ1) is 18.0. The van der Waals surface area contributed by atoms with Gasteiger partial charge in [0.25, 0.3) is 0 Å². The molecular weight excluding hydrogens is 282 g/mol. The standard InChI is InChI=1S/C16H29N3OS/c1-13(2)20-10-7-9-18-15(17-5)19-12-16(3,4)14-8-6-11-21-14/h6,8,11,13H,7,9-10,12H2,1-5H3,(H2,17,18,19). The van der Waals surface area contributed by atoms with Crippen LogP contribution in [0.1, 0.15) is 39.0 Å². The number of nitrogens with one attached hydrogen (secondary N) is 2. The molecule has 0 aliphatic carbocycles. The van der Waals surface area contributed by atoms with E-state index in [1.54, 1.807) is 18.4 Å². The van der Waals surface area contributed by atoms with Crippen LogP contribution in [0.2, 0.25) is 0 Å². The second kappa shape index (κ2) is 9.05. The van der Waals surface area contributed by atoms with Crippen LogP contribution in [0.25, 0.3) is 0 Å². The SMILES string of the molecule is CN=C(NCCCOC(C)C)NCC(C)(C)c1cccs1. The number of hydrogen-bond donors (Lipinski definition) is 2. The van der Waals surface area contributed by atoms with Crippen LogP contribution >= 0.6 is 11.3 Å². The van der Waals surface area contributed by atoms with E-state index >= 15 is 0 Å². The van der Waals surface area contributed by atoms with Crippen molar-refractivity contribution in [1.29, 1.82) is 0 Å². The predicted molar refractivity (Wildman–Crippen MR) is 92.4 cm³/mol. The second-order valence-corrected chi connectivity index (χ2v) is 6.93. The van der Waals surface area contributed by atoms with E-state index in [9.17, 15) is 0 Å². The van der Waals surface area contributed by atoms with Crippen molar-refractivity contribution >= 4 is 17.3 Å². The second-order valence-electron chi connectivity index (χ2n) is 5.99. The van der Waals surface area contributed by atoms with Crippen LogP contribution in [0.3, 0.4) is 0 Å². The Hall–Kier alpha value is -1.07. The molecule has 1 rings (SSSR count). The minimum absolute atomic E-state index is 0.104. The Morgan fingerprint density at radius 2 is 2.14 bits per heavy atom. The largest absolute Gasteiger partial charge is 0.379 e. The van der Waals surface area contributed by atoms with Crippen molar-refractivity contribution < 1.29 is 4.74 Å². The molecule has 0 aliphatic heterocycles. The third-order valence-corrected chi connectivity index (χ3v) is 4.41. The molecule has 2 N–H and O–H groups in total. The molecule has 0 aliphatic rings. The van der Waals surface area contributed by atoms with Gasteiger partial charge in [0.2, 0.25) is 0 Å². The summed E-state index contributed by atoms with van der Waals surface area (Å²) in [4.78, 5) is 5.65. The lowest BCUT2D eigenvalue weighted by Crippen LogP contribution is -2.43. The van der Waals surface area contributed by atoms with Crippen LogP contribution in [0.4, 0.5) is 0 Å². The van der Waals surface area contributed by atoms with Crippen LogP contribution in [0.5, 0.6) is 0 Å². The summed E-state index contributed by atoms with van der Waals surface area (Å²) in [6.45, 7) is 11.1. The predicted octanol–water partition coefficient (Wildman–Crippen LogP) is 3.01. The fourth-order valence-electron chi connectivity index (χ4n) is 1.87. The molecule has 0 radical (unpaired) electrons. The fraction of sp³-hybridized carbons (Fsp3) is 0.688. The Morgan fingerprint density at radius 1 is 1.38 bits per heavy atom. The number of aliphatic imine (C=N–C) groups is 1. The lowest BCUT2D eigenvalue weighted by molar-refractivity contribution is 0.0776. The Morgan fingerprint density at radius 3 is 2.71 bits per heavy atom. The molecule has 4 nitrogen and oxygen atoms in total. The zero-order valence-corrected chi connectivity index (χ0v) is 14.7. The lowest BCUT2D eigenvalue weighted by Gasteiger charge is -2.25. The molecule has 5 heteroatoms. The van der Waals surface area contributed by atoms with Gasteiger partial charge in [0.05, 0.1) is 6.10 Å². The monoisotopic (exact) mass is 311 g/mol. The zero-order chi connectivity index (χ0) is 15.7. The highest BCUT2D eigenvalue weighted by Gasteiger charge is 2.21. The summed E-state index contributed by atoms with van der Waals surface area (Å²) in [6.07, 6.45) is 1.28. The topological polar surface area (TPSA) is 45.7 Å². The normalized spacial score (nSPS) is 12.8. The van der Waals surface area contributed by atoms with Gasteiger partial charge >= 0.3 is 0 Å². The molecule has 0 unspecified atom stereocenters.